The molecular weight excluding hydrogens is 426 g/mol. The summed E-state index contributed by atoms with van der Waals surface area (Å²) in [5.41, 5.74) is 0.948. The topological polar surface area (TPSA) is 113 Å². The smallest absolute Gasteiger partial charge is 0.337 e. The molecule has 1 aliphatic rings. The second-order valence-corrected chi connectivity index (χ2v) is 7.11. The molecule has 160 valence electrons. The van der Waals surface area contributed by atoms with E-state index in [-0.39, 0.29) is 30.8 Å². The van der Waals surface area contributed by atoms with Gasteiger partial charge in [-0.05, 0) is 35.9 Å². The summed E-state index contributed by atoms with van der Waals surface area (Å²) in [6.45, 7) is 0.513. The van der Waals surface area contributed by atoms with Crippen LogP contribution < -0.4 is 14.8 Å². The molecule has 0 unspecified atom stereocenters. The van der Waals surface area contributed by atoms with E-state index in [0.29, 0.717) is 34.3 Å². The van der Waals surface area contributed by atoms with Crippen molar-refractivity contribution in [2.45, 2.75) is 12.5 Å². The first kappa shape index (κ1) is 20.7. The van der Waals surface area contributed by atoms with Gasteiger partial charge in [-0.15, -0.1) is 0 Å². The van der Waals surface area contributed by atoms with Crippen LogP contribution >= 0.6 is 11.6 Å². The Morgan fingerprint density at radius 2 is 2.03 bits per heavy atom. The Labute approximate surface area is 182 Å². The first-order chi connectivity index (χ1) is 15.0. The lowest BCUT2D eigenvalue weighted by atomic mass is 10.1. The Bertz CT molecular complexity index is 1120. The van der Waals surface area contributed by atoms with Gasteiger partial charge in [0.15, 0.2) is 17.3 Å². The summed E-state index contributed by atoms with van der Waals surface area (Å²) in [6.07, 6.45) is -0.169. The van der Waals surface area contributed by atoms with Crippen LogP contribution in [0.3, 0.4) is 0 Å². The van der Waals surface area contributed by atoms with Gasteiger partial charge in [-0.3, -0.25) is 4.79 Å². The third kappa shape index (κ3) is 4.77. The number of nitrogens with one attached hydrogen (secondary N) is 1. The fraction of sp³-hybridized carbons (Fsp3) is 0.238. The molecule has 1 amide bonds. The molecule has 1 atom stereocenters. The van der Waals surface area contributed by atoms with E-state index >= 15 is 0 Å². The highest BCUT2D eigenvalue weighted by atomic mass is 35.5. The van der Waals surface area contributed by atoms with Gasteiger partial charge in [0, 0.05) is 11.4 Å². The SMILES string of the molecule is COC(=O)c1ccc(Cl)c(Cc2noc(C(=O)NC[C@H]3COc4ccccc4O3)n2)c1. The van der Waals surface area contributed by atoms with Crippen LogP contribution in [-0.4, -0.2) is 48.4 Å². The number of benzene rings is 2. The summed E-state index contributed by atoms with van der Waals surface area (Å²) in [5, 5.41) is 6.94. The highest BCUT2D eigenvalue weighted by molar-refractivity contribution is 6.31. The van der Waals surface area contributed by atoms with Gasteiger partial charge >= 0.3 is 17.8 Å². The van der Waals surface area contributed by atoms with E-state index in [9.17, 15) is 9.59 Å². The molecule has 4 rings (SSSR count). The van der Waals surface area contributed by atoms with Gasteiger partial charge in [0.05, 0.1) is 19.2 Å². The van der Waals surface area contributed by atoms with Crippen LogP contribution in [0.5, 0.6) is 11.5 Å². The maximum atomic E-state index is 12.4. The Balaban J connectivity index is 1.36. The molecule has 0 saturated heterocycles. The molecule has 10 heteroatoms. The van der Waals surface area contributed by atoms with E-state index in [1.54, 1.807) is 24.3 Å². The van der Waals surface area contributed by atoms with Crippen LogP contribution in [0.25, 0.3) is 0 Å². The van der Waals surface area contributed by atoms with Gasteiger partial charge in [-0.25, -0.2) is 4.79 Å². The highest BCUT2D eigenvalue weighted by Crippen LogP contribution is 2.30. The number of esters is 1. The molecule has 0 aliphatic carbocycles. The third-order valence-electron chi connectivity index (χ3n) is 4.54. The largest absolute Gasteiger partial charge is 0.486 e. The molecule has 1 N–H and O–H groups in total. The Morgan fingerprint density at radius 1 is 1.23 bits per heavy atom. The van der Waals surface area contributed by atoms with Crippen LogP contribution in [0, 0.1) is 0 Å². The Morgan fingerprint density at radius 3 is 2.84 bits per heavy atom. The summed E-state index contributed by atoms with van der Waals surface area (Å²) < 4.78 is 21.2. The Hall–Kier alpha value is -3.59. The maximum absolute atomic E-state index is 12.4. The van der Waals surface area contributed by atoms with E-state index in [1.165, 1.54) is 7.11 Å². The minimum atomic E-state index is -0.532. The molecule has 0 saturated carbocycles. The number of nitrogens with zero attached hydrogens (tertiary/aromatic N) is 2. The van der Waals surface area contributed by atoms with Crippen molar-refractivity contribution < 1.29 is 28.3 Å². The number of amides is 1. The molecule has 1 aromatic heterocycles. The number of fused-ring (bicyclic) bond motifs is 1. The summed E-state index contributed by atoms with van der Waals surface area (Å²) in [6, 6.07) is 12.0. The monoisotopic (exact) mass is 443 g/mol. The molecule has 0 bridgehead atoms. The van der Waals surface area contributed by atoms with E-state index in [2.05, 4.69) is 15.5 Å². The quantitative estimate of drug-likeness (QED) is 0.578. The van der Waals surface area contributed by atoms with Crippen molar-refractivity contribution in [1.82, 2.24) is 15.5 Å². The number of halogens is 1. The van der Waals surface area contributed by atoms with Crippen LogP contribution in [0.1, 0.15) is 32.4 Å². The standard InChI is InChI=1S/C21H18ClN3O6/c1-28-21(27)12-6-7-15(22)13(8-12)9-18-24-20(31-25-18)19(26)23-10-14-11-29-16-4-2-3-5-17(16)30-14/h2-8,14H,9-11H2,1H3,(H,23,26)/t14-/m0/s1. The van der Waals surface area contributed by atoms with Gasteiger partial charge in [-0.2, -0.15) is 4.98 Å². The number of carbonyl (C=O) groups excluding carboxylic acids is 2. The molecule has 31 heavy (non-hydrogen) atoms. The van der Waals surface area contributed by atoms with Gasteiger partial charge in [-0.1, -0.05) is 28.9 Å². The van der Waals surface area contributed by atoms with Crippen molar-refractivity contribution >= 4 is 23.5 Å². The van der Waals surface area contributed by atoms with Crippen LogP contribution in [0.15, 0.2) is 47.0 Å². The Kier molecular flexibility index (Phi) is 6.03. The number of rotatable bonds is 6. The van der Waals surface area contributed by atoms with Gasteiger partial charge in [0.25, 0.3) is 0 Å². The molecule has 0 radical (unpaired) electrons. The third-order valence-corrected chi connectivity index (χ3v) is 4.90. The summed E-state index contributed by atoms with van der Waals surface area (Å²) in [5.74, 6) is 0.339. The van der Waals surface area contributed by atoms with Crippen molar-refractivity contribution in [3.05, 3.63) is 70.3 Å². The van der Waals surface area contributed by atoms with Crippen LogP contribution in [0.2, 0.25) is 5.02 Å². The molecule has 2 aromatic carbocycles. The van der Waals surface area contributed by atoms with Crippen molar-refractivity contribution in [3.8, 4) is 11.5 Å². The number of aromatic nitrogens is 2. The second kappa shape index (κ2) is 9.05. The normalized spacial score (nSPS) is 14.7. The summed E-state index contributed by atoms with van der Waals surface area (Å²) in [7, 11) is 1.30. The lowest BCUT2D eigenvalue weighted by molar-refractivity contribution is 0.0600. The minimum Gasteiger partial charge on any atom is -0.486 e. The molecule has 3 aromatic rings. The first-order valence-electron chi connectivity index (χ1n) is 9.39. The number of hydrogen-bond donors (Lipinski definition) is 1. The minimum absolute atomic E-state index is 0.177. The zero-order valence-corrected chi connectivity index (χ0v) is 17.2. The van der Waals surface area contributed by atoms with Crippen molar-refractivity contribution in [2.24, 2.45) is 0 Å². The number of hydrogen-bond acceptors (Lipinski definition) is 8. The van der Waals surface area contributed by atoms with Gasteiger partial charge < -0.3 is 24.1 Å². The first-order valence-corrected chi connectivity index (χ1v) is 9.77. The van der Waals surface area contributed by atoms with E-state index in [0.717, 1.165) is 0 Å². The second-order valence-electron chi connectivity index (χ2n) is 6.70. The average molecular weight is 444 g/mol. The lowest BCUT2D eigenvalue weighted by Gasteiger charge is -2.26. The number of ether oxygens (including phenoxy) is 3. The van der Waals surface area contributed by atoms with E-state index < -0.39 is 11.9 Å². The fourth-order valence-corrected chi connectivity index (χ4v) is 3.17. The zero-order chi connectivity index (χ0) is 21.8. The molecule has 0 fully saturated rings. The van der Waals surface area contributed by atoms with Gasteiger partial charge in [0.2, 0.25) is 0 Å². The predicted molar refractivity (Wildman–Crippen MR) is 109 cm³/mol. The van der Waals surface area contributed by atoms with Crippen molar-refractivity contribution in [1.29, 1.82) is 0 Å². The number of methoxy groups -OCH3 is 1. The molecular formula is C21H18ClN3O6. The van der Waals surface area contributed by atoms with Crippen LogP contribution in [0.4, 0.5) is 0 Å². The van der Waals surface area contributed by atoms with Crippen molar-refractivity contribution in [3.63, 3.8) is 0 Å². The maximum Gasteiger partial charge on any atom is 0.337 e. The van der Waals surface area contributed by atoms with Gasteiger partial charge in [0.1, 0.15) is 12.7 Å². The number of carbonyl (C=O) groups is 2. The van der Waals surface area contributed by atoms with E-state index in [4.69, 9.17) is 30.3 Å². The molecule has 1 aliphatic heterocycles. The highest BCUT2D eigenvalue weighted by Gasteiger charge is 2.23. The zero-order valence-electron chi connectivity index (χ0n) is 16.5. The fourth-order valence-electron chi connectivity index (χ4n) is 2.99. The average Bonchev–Trinajstić information content (AvgIpc) is 3.27. The molecule has 9 nitrogen and oxygen atoms in total. The summed E-state index contributed by atoms with van der Waals surface area (Å²) in [4.78, 5) is 28.2. The molecule has 0 spiro atoms. The molecule has 2 heterocycles. The summed E-state index contributed by atoms with van der Waals surface area (Å²) >= 11 is 6.19. The van der Waals surface area contributed by atoms with E-state index in [1.807, 2.05) is 18.2 Å². The number of para-hydroxylation sites is 2. The van der Waals surface area contributed by atoms with Crippen LogP contribution in [-0.2, 0) is 11.2 Å². The van der Waals surface area contributed by atoms with Crippen molar-refractivity contribution in [2.75, 3.05) is 20.3 Å². The predicted octanol–water partition coefficient (Wildman–Crippen LogP) is 2.67. The lowest BCUT2D eigenvalue weighted by Crippen LogP contribution is -2.40.